The van der Waals surface area contributed by atoms with E-state index < -0.39 is 0 Å². The average molecular weight is 705 g/mol. The second-order valence-corrected chi connectivity index (χ2v) is 15.1. The standard InChI is InChI=1S/C49H28N4S/c1-2-12-30(13-3-1)46-40-28-50-41-20-9-8-17-37(41)47(40)52-49(51-46)53-42-26-32-15-5-4-14-31(32)25-39(42)36-19-10-18-35(48(36)53)33-21-23-38-44(27-33)54-43-24-22-29-11-6-7-16-34(29)45(38)43/h1-28H. The molecule has 12 aromatic rings. The summed E-state index contributed by atoms with van der Waals surface area (Å²) in [5.41, 5.74) is 8.15. The Morgan fingerprint density at radius 2 is 1.22 bits per heavy atom. The fourth-order valence-corrected chi connectivity index (χ4v) is 9.69. The van der Waals surface area contributed by atoms with E-state index in [4.69, 9.17) is 15.0 Å². The molecule has 0 spiro atoms. The lowest BCUT2D eigenvalue weighted by molar-refractivity contribution is 1.02. The van der Waals surface area contributed by atoms with Gasteiger partial charge in [0.05, 0.1) is 27.8 Å². The Morgan fingerprint density at radius 3 is 2.11 bits per heavy atom. The van der Waals surface area contributed by atoms with Gasteiger partial charge in [-0.3, -0.25) is 9.55 Å². The van der Waals surface area contributed by atoms with Crippen molar-refractivity contribution >= 4 is 96.7 Å². The fourth-order valence-electron chi connectivity index (χ4n) is 8.53. The molecule has 0 bridgehead atoms. The predicted molar refractivity (Wildman–Crippen MR) is 228 cm³/mol. The van der Waals surface area contributed by atoms with Crippen molar-refractivity contribution < 1.29 is 0 Å². The zero-order valence-electron chi connectivity index (χ0n) is 28.9. The summed E-state index contributed by atoms with van der Waals surface area (Å²) in [5.74, 6) is 0.634. The molecule has 0 unspecified atom stereocenters. The highest BCUT2D eigenvalue weighted by Gasteiger charge is 2.22. The van der Waals surface area contributed by atoms with Gasteiger partial charge in [0.1, 0.15) is 0 Å². The Balaban J connectivity index is 1.21. The van der Waals surface area contributed by atoms with Crippen LogP contribution >= 0.6 is 11.3 Å². The number of nitrogens with zero attached hydrogens (tertiary/aromatic N) is 4. The van der Waals surface area contributed by atoms with Crippen LogP contribution in [0.1, 0.15) is 0 Å². The average Bonchev–Trinajstić information content (AvgIpc) is 3.78. The van der Waals surface area contributed by atoms with Crippen LogP contribution in [0, 0.1) is 0 Å². The first-order valence-electron chi connectivity index (χ1n) is 18.2. The van der Waals surface area contributed by atoms with Gasteiger partial charge >= 0.3 is 0 Å². The Hall–Kier alpha value is -6.95. The van der Waals surface area contributed by atoms with Crippen molar-refractivity contribution in [2.75, 3.05) is 0 Å². The summed E-state index contributed by atoms with van der Waals surface area (Å²) >= 11 is 1.86. The third-order valence-corrected chi connectivity index (χ3v) is 12.1. The van der Waals surface area contributed by atoms with E-state index in [1.165, 1.54) is 52.5 Å². The second-order valence-electron chi connectivity index (χ2n) is 14.0. The lowest BCUT2D eigenvalue weighted by atomic mass is 9.99. The molecule has 0 aliphatic rings. The van der Waals surface area contributed by atoms with E-state index in [0.717, 1.165) is 55.2 Å². The predicted octanol–water partition coefficient (Wildman–Crippen LogP) is 13.3. The van der Waals surface area contributed by atoms with Crippen molar-refractivity contribution in [3.8, 4) is 28.3 Å². The zero-order valence-corrected chi connectivity index (χ0v) is 29.7. The van der Waals surface area contributed by atoms with Crippen molar-refractivity contribution in [1.29, 1.82) is 0 Å². The topological polar surface area (TPSA) is 43.6 Å². The molecule has 0 saturated carbocycles. The van der Waals surface area contributed by atoms with Crippen LogP contribution < -0.4 is 0 Å². The third kappa shape index (κ3) is 4.27. The summed E-state index contributed by atoms with van der Waals surface area (Å²) in [4.78, 5) is 15.8. The molecule has 250 valence electrons. The number of pyridine rings is 1. The smallest absolute Gasteiger partial charge is 0.235 e. The zero-order chi connectivity index (χ0) is 35.3. The molecule has 4 heterocycles. The first-order valence-corrected chi connectivity index (χ1v) is 19.0. The molecule has 0 saturated heterocycles. The lowest BCUT2D eigenvalue weighted by Crippen LogP contribution is -2.05. The lowest BCUT2D eigenvalue weighted by Gasteiger charge is -2.14. The molecule has 0 radical (unpaired) electrons. The normalized spacial score (nSPS) is 12.1. The molecule has 0 fully saturated rings. The van der Waals surface area contributed by atoms with Crippen LogP contribution in [0.5, 0.6) is 0 Å². The van der Waals surface area contributed by atoms with Gasteiger partial charge < -0.3 is 0 Å². The van der Waals surface area contributed by atoms with E-state index in [0.29, 0.717) is 5.95 Å². The number of benzene rings is 8. The number of fused-ring (bicyclic) bond motifs is 12. The van der Waals surface area contributed by atoms with Crippen molar-refractivity contribution in [3.05, 3.63) is 170 Å². The van der Waals surface area contributed by atoms with Gasteiger partial charge in [0.15, 0.2) is 0 Å². The summed E-state index contributed by atoms with van der Waals surface area (Å²) in [6.45, 7) is 0. The minimum Gasteiger partial charge on any atom is -0.277 e. The van der Waals surface area contributed by atoms with E-state index in [2.05, 4.69) is 156 Å². The molecule has 5 heteroatoms. The van der Waals surface area contributed by atoms with Gasteiger partial charge in [-0.2, -0.15) is 0 Å². The molecular formula is C49H28N4S. The number of thiophene rings is 1. The summed E-state index contributed by atoms with van der Waals surface area (Å²) in [6.07, 6.45) is 1.93. The summed E-state index contributed by atoms with van der Waals surface area (Å²) < 4.78 is 4.88. The number of aromatic nitrogens is 4. The van der Waals surface area contributed by atoms with E-state index in [-0.39, 0.29) is 0 Å². The Bertz CT molecular complexity index is 3510. The molecule has 0 atom stereocenters. The Kier molecular flexibility index (Phi) is 6.18. The monoisotopic (exact) mass is 704 g/mol. The minimum absolute atomic E-state index is 0.634. The highest BCUT2D eigenvalue weighted by molar-refractivity contribution is 7.26. The van der Waals surface area contributed by atoms with E-state index in [1.54, 1.807) is 0 Å². The SMILES string of the molecule is c1ccc(-c2nc(-n3c4cc5ccccc5cc4c4cccc(-c5ccc6c(c5)sc5ccc7ccccc7c56)c43)nc3c2cnc2ccccc23)cc1. The summed E-state index contributed by atoms with van der Waals surface area (Å²) in [6, 6.07) is 58.8. The van der Waals surface area contributed by atoms with Crippen LogP contribution in [0.4, 0.5) is 0 Å². The van der Waals surface area contributed by atoms with Crippen LogP contribution in [0.15, 0.2) is 170 Å². The number of hydrogen-bond acceptors (Lipinski definition) is 4. The highest BCUT2D eigenvalue weighted by Crippen LogP contribution is 2.44. The molecule has 0 aliphatic heterocycles. The Labute approximate surface area is 313 Å². The first kappa shape index (κ1) is 29.6. The maximum atomic E-state index is 5.47. The molecular weight excluding hydrogens is 677 g/mol. The van der Waals surface area contributed by atoms with Crippen LogP contribution in [-0.2, 0) is 0 Å². The molecule has 8 aromatic carbocycles. The van der Waals surface area contributed by atoms with Crippen molar-refractivity contribution in [1.82, 2.24) is 19.5 Å². The second kappa shape index (κ2) is 11.3. The van der Waals surface area contributed by atoms with Crippen LogP contribution in [0.3, 0.4) is 0 Å². The van der Waals surface area contributed by atoms with Crippen LogP contribution in [-0.4, -0.2) is 19.5 Å². The van der Waals surface area contributed by atoms with Crippen LogP contribution in [0.2, 0.25) is 0 Å². The van der Waals surface area contributed by atoms with Crippen molar-refractivity contribution in [3.63, 3.8) is 0 Å². The molecule has 54 heavy (non-hydrogen) atoms. The van der Waals surface area contributed by atoms with Crippen molar-refractivity contribution in [2.24, 2.45) is 0 Å². The molecule has 12 rings (SSSR count). The third-order valence-electron chi connectivity index (χ3n) is 11.0. The van der Waals surface area contributed by atoms with Gasteiger partial charge in [-0.1, -0.05) is 133 Å². The van der Waals surface area contributed by atoms with Gasteiger partial charge in [0.2, 0.25) is 5.95 Å². The molecule has 0 aliphatic carbocycles. The van der Waals surface area contributed by atoms with E-state index in [1.807, 2.05) is 29.7 Å². The highest BCUT2D eigenvalue weighted by atomic mass is 32.1. The van der Waals surface area contributed by atoms with Gasteiger partial charge in [-0.15, -0.1) is 11.3 Å². The van der Waals surface area contributed by atoms with E-state index in [9.17, 15) is 0 Å². The molecule has 4 nitrogen and oxygen atoms in total. The van der Waals surface area contributed by atoms with Crippen LogP contribution in [0.25, 0.3) is 114 Å². The van der Waals surface area contributed by atoms with Gasteiger partial charge in [0, 0.05) is 59.0 Å². The van der Waals surface area contributed by atoms with Gasteiger partial charge in [0.25, 0.3) is 0 Å². The Morgan fingerprint density at radius 1 is 0.463 bits per heavy atom. The fraction of sp³-hybridized carbons (Fsp3) is 0. The minimum atomic E-state index is 0.634. The summed E-state index contributed by atoms with van der Waals surface area (Å²) in [7, 11) is 0. The van der Waals surface area contributed by atoms with E-state index >= 15 is 0 Å². The quantitative estimate of drug-likeness (QED) is 0.172. The first-order chi connectivity index (χ1) is 26.8. The van der Waals surface area contributed by atoms with Crippen molar-refractivity contribution in [2.45, 2.75) is 0 Å². The molecule has 4 aromatic heterocycles. The number of rotatable bonds is 3. The maximum Gasteiger partial charge on any atom is 0.235 e. The molecule has 0 amide bonds. The van der Waals surface area contributed by atoms with Gasteiger partial charge in [-0.05, 0) is 57.4 Å². The van der Waals surface area contributed by atoms with Gasteiger partial charge in [-0.25, -0.2) is 9.97 Å². The maximum absolute atomic E-state index is 5.47. The number of hydrogen-bond donors (Lipinski definition) is 0. The summed E-state index contributed by atoms with van der Waals surface area (Å²) in [5, 5.41) is 11.8. The molecule has 0 N–H and O–H groups in total. The number of para-hydroxylation sites is 2. The largest absolute Gasteiger partial charge is 0.277 e.